The quantitative estimate of drug-likeness (QED) is 0.763. The molecule has 3 nitrogen and oxygen atoms in total. The van der Waals surface area contributed by atoms with Gasteiger partial charge in [0, 0.05) is 11.6 Å². The van der Waals surface area contributed by atoms with Crippen LogP contribution in [-0.2, 0) is 0 Å². The van der Waals surface area contributed by atoms with Crippen molar-refractivity contribution in [2.45, 2.75) is 25.3 Å². The highest BCUT2D eigenvalue weighted by Gasteiger charge is 2.23. The van der Waals surface area contributed by atoms with Crippen LogP contribution >= 0.6 is 0 Å². The van der Waals surface area contributed by atoms with Gasteiger partial charge in [-0.2, -0.15) is 5.26 Å². The van der Waals surface area contributed by atoms with Crippen molar-refractivity contribution < 1.29 is 9.50 Å². The van der Waals surface area contributed by atoms with Crippen molar-refractivity contribution in [3.05, 3.63) is 29.1 Å². The highest BCUT2D eigenvalue weighted by Crippen LogP contribution is 2.34. The fourth-order valence-corrected chi connectivity index (χ4v) is 2.13. The van der Waals surface area contributed by atoms with Crippen molar-refractivity contribution in [1.29, 1.82) is 5.26 Å². The maximum Gasteiger partial charge on any atom is 0.165 e. The fraction of sp³-hybridized carbons (Fsp3) is 0.417. The number of nitrogens with one attached hydrogen (secondary N) is 1. The average Bonchev–Trinajstić information content (AvgIpc) is 2.33. The van der Waals surface area contributed by atoms with Crippen LogP contribution in [0.4, 0.5) is 4.39 Å². The van der Waals surface area contributed by atoms with E-state index in [0.29, 0.717) is 11.1 Å². The van der Waals surface area contributed by atoms with Gasteiger partial charge in [0.2, 0.25) is 0 Å². The maximum absolute atomic E-state index is 13.3. The zero-order chi connectivity index (χ0) is 11.5. The molecule has 0 amide bonds. The van der Waals surface area contributed by atoms with E-state index in [-0.39, 0.29) is 6.04 Å². The molecule has 1 aromatic rings. The number of benzene rings is 1. The van der Waals surface area contributed by atoms with E-state index in [4.69, 9.17) is 5.26 Å². The van der Waals surface area contributed by atoms with Crippen LogP contribution in [0.15, 0.2) is 12.1 Å². The molecule has 1 aliphatic rings. The molecule has 2 N–H and O–H groups in total. The number of phenols is 1. The molecule has 1 aromatic carbocycles. The molecular formula is C12H13FN2O. The van der Waals surface area contributed by atoms with Crippen LogP contribution in [-0.4, -0.2) is 11.7 Å². The fourth-order valence-electron chi connectivity index (χ4n) is 2.13. The summed E-state index contributed by atoms with van der Waals surface area (Å²) in [5.41, 5.74) is 0.750. The minimum Gasteiger partial charge on any atom is -0.505 e. The second kappa shape index (κ2) is 4.50. The Labute approximate surface area is 93.5 Å². The van der Waals surface area contributed by atoms with Crippen LogP contribution in [0.3, 0.4) is 0 Å². The standard InChI is InChI=1S/C12H13FN2O/c13-9-5-4-8(7-14)11(12(9)16)10-3-1-2-6-15-10/h4-5,10,15-16H,1-3,6H2/t10-/m0/s1. The molecule has 0 aliphatic carbocycles. The van der Waals surface area contributed by atoms with E-state index < -0.39 is 11.6 Å². The summed E-state index contributed by atoms with van der Waals surface area (Å²) < 4.78 is 13.3. The first-order chi connectivity index (χ1) is 7.74. The minimum absolute atomic E-state index is 0.112. The highest BCUT2D eigenvalue weighted by molar-refractivity contribution is 5.48. The molecule has 4 heteroatoms. The topological polar surface area (TPSA) is 56.0 Å². The van der Waals surface area contributed by atoms with Crippen molar-refractivity contribution in [3.63, 3.8) is 0 Å². The Hall–Kier alpha value is -1.60. The third kappa shape index (κ3) is 1.86. The summed E-state index contributed by atoms with van der Waals surface area (Å²) in [5.74, 6) is -1.06. The lowest BCUT2D eigenvalue weighted by molar-refractivity contribution is 0.377. The molecule has 84 valence electrons. The molecule has 16 heavy (non-hydrogen) atoms. The van der Waals surface area contributed by atoms with E-state index in [0.717, 1.165) is 31.9 Å². The first kappa shape index (κ1) is 10.9. The second-order valence-electron chi connectivity index (χ2n) is 3.97. The molecular weight excluding hydrogens is 207 g/mol. The van der Waals surface area contributed by atoms with Gasteiger partial charge in [-0.3, -0.25) is 0 Å². The zero-order valence-electron chi connectivity index (χ0n) is 8.83. The highest BCUT2D eigenvalue weighted by atomic mass is 19.1. The van der Waals surface area contributed by atoms with E-state index in [1.54, 1.807) is 0 Å². The third-order valence-corrected chi connectivity index (χ3v) is 2.95. The van der Waals surface area contributed by atoms with Gasteiger partial charge in [0.25, 0.3) is 0 Å². The molecule has 1 saturated heterocycles. The molecule has 1 atom stereocenters. The SMILES string of the molecule is N#Cc1ccc(F)c(O)c1[C@@H]1CCCCN1. The van der Waals surface area contributed by atoms with Crippen molar-refractivity contribution in [3.8, 4) is 11.8 Å². The zero-order valence-corrected chi connectivity index (χ0v) is 8.83. The number of hydrogen-bond acceptors (Lipinski definition) is 3. The first-order valence-corrected chi connectivity index (χ1v) is 5.39. The normalized spacial score (nSPS) is 20.4. The van der Waals surface area contributed by atoms with Gasteiger partial charge in [-0.15, -0.1) is 0 Å². The Balaban J connectivity index is 2.44. The number of nitrogens with zero attached hydrogens (tertiary/aromatic N) is 1. The Kier molecular flexibility index (Phi) is 3.07. The number of halogens is 1. The van der Waals surface area contributed by atoms with Gasteiger partial charge in [-0.1, -0.05) is 6.42 Å². The summed E-state index contributed by atoms with van der Waals surface area (Å²) in [4.78, 5) is 0. The molecule has 0 spiro atoms. The van der Waals surface area contributed by atoms with Crippen LogP contribution in [0.5, 0.6) is 5.75 Å². The monoisotopic (exact) mass is 220 g/mol. The van der Waals surface area contributed by atoms with E-state index in [9.17, 15) is 9.50 Å². The number of nitriles is 1. The average molecular weight is 220 g/mol. The Morgan fingerprint density at radius 3 is 2.88 bits per heavy atom. The van der Waals surface area contributed by atoms with Crippen molar-refractivity contribution >= 4 is 0 Å². The maximum atomic E-state index is 13.3. The summed E-state index contributed by atoms with van der Waals surface area (Å²) in [6.07, 6.45) is 2.93. The number of aromatic hydroxyl groups is 1. The molecule has 1 fully saturated rings. The van der Waals surface area contributed by atoms with E-state index in [2.05, 4.69) is 5.32 Å². The third-order valence-electron chi connectivity index (χ3n) is 2.95. The summed E-state index contributed by atoms with van der Waals surface area (Å²) in [5, 5.41) is 21.8. The molecule has 0 unspecified atom stereocenters. The molecule has 1 heterocycles. The van der Waals surface area contributed by atoms with Crippen LogP contribution in [0.25, 0.3) is 0 Å². The number of hydrogen-bond donors (Lipinski definition) is 2. The van der Waals surface area contributed by atoms with E-state index >= 15 is 0 Å². The number of rotatable bonds is 1. The molecule has 0 aromatic heterocycles. The van der Waals surface area contributed by atoms with Crippen molar-refractivity contribution in [1.82, 2.24) is 5.32 Å². The first-order valence-electron chi connectivity index (χ1n) is 5.39. The Bertz CT molecular complexity index is 433. The predicted molar refractivity (Wildman–Crippen MR) is 57.4 cm³/mol. The van der Waals surface area contributed by atoms with Gasteiger partial charge in [0.05, 0.1) is 11.6 Å². The lowest BCUT2D eigenvalue weighted by Crippen LogP contribution is -2.27. The summed E-state index contributed by atoms with van der Waals surface area (Å²) in [6.45, 7) is 0.839. The Morgan fingerprint density at radius 2 is 2.25 bits per heavy atom. The Morgan fingerprint density at radius 1 is 1.44 bits per heavy atom. The van der Waals surface area contributed by atoms with Gasteiger partial charge in [-0.05, 0) is 31.5 Å². The van der Waals surface area contributed by atoms with Gasteiger partial charge in [0.15, 0.2) is 11.6 Å². The molecule has 0 bridgehead atoms. The van der Waals surface area contributed by atoms with Crippen LogP contribution in [0, 0.1) is 17.1 Å². The van der Waals surface area contributed by atoms with Gasteiger partial charge >= 0.3 is 0 Å². The summed E-state index contributed by atoms with van der Waals surface area (Å²) in [7, 11) is 0. The summed E-state index contributed by atoms with van der Waals surface area (Å²) >= 11 is 0. The number of phenolic OH excluding ortho intramolecular Hbond substituents is 1. The van der Waals surface area contributed by atoms with Crippen LogP contribution in [0.1, 0.15) is 36.4 Å². The predicted octanol–water partition coefficient (Wildman–Crippen LogP) is 2.22. The molecule has 0 radical (unpaired) electrons. The van der Waals surface area contributed by atoms with Gasteiger partial charge < -0.3 is 10.4 Å². The second-order valence-corrected chi connectivity index (χ2v) is 3.97. The van der Waals surface area contributed by atoms with Gasteiger partial charge in [0.1, 0.15) is 0 Å². The molecule has 0 saturated carbocycles. The molecule has 1 aliphatic heterocycles. The lowest BCUT2D eigenvalue weighted by Gasteiger charge is -2.25. The van der Waals surface area contributed by atoms with Crippen molar-refractivity contribution in [2.24, 2.45) is 0 Å². The largest absolute Gasteiger partial charge is 0.505 e. The minimum atomic E-state index is -0.665. The summed E-state index contributed by atoms with van der Waals surface area (Å²) in [6, 6.07) is 4.42. The van der Waals surface area contributed by atoms with Crippen molar-refractivity contribution in [2.75, 3.05) is 6.54 Å². The molecule has 2 rings (SSSR count). The lowest BCUT2D eigenvalue weighted by atomic mass is 9.93. The van der Waals surface area contributed by atoms with Gasteiger partial charge in [-0.25, -0.2) is 4.39 Å². The number of piperidine rings is 1. The van der Waals surface area contributed by atoms with E-state index in [1.807, 2.05) is 6.07 Å². The van der Waals surface area contributed by atoms with Crippen LogP contribution < -0.4 is 5.32 Å². The van der Waals surface area contributed by atoms with E-state index in [1.165, 1.54) is 6.07 Å². The van der Waals surface area contributed by atoms with Crippen LogP contribution in [0.2, 0.25) is 0 Å². The smallest absolute Gasteiger partial charge is 0.165 e.